The van der Waals surface area contributed by atoms with E-state index in [2.05, 4.69) is 15.9 Å². The molecule has 2 nitrogen and oxygen atoms in total. The molecule has 0 atom stereocenters. The first kappa shape index (κ1) is 14.1. The highest BCUT2D eigenvalue weighted by atomic mass is 79.9. The van der Waals surface area contributed by atoms with Gasteiger partial charge in [0.1, 0.15) is 4.34 Å². The van der Waals surface area contributed by atoms with Crippen LogP contribution in [-0.2, 0) is 6.54 Å². The van der Waals surface area contributed by atoms with Gasteiger partial charge < -0.3 is 4.57 Å². The Morgan fingerprint density at radius 3 is 2.75 bits per heavy atom. The summed E-state index contributed by atoms with van der Waals surface area (Å²) in [4.78, 5) is 12.3. The number of hydrogen-bond acceptors (Lipinski definition) is 2. The minimum Gasteiger partial charge on any atom is -0.340 e. The Morgan fingerprint density at radius 2 is 2.05 bits per heavy atom. The predicted octanol–water partition coefficient (Wildman–Crippen LogP) is 5.66. The highest BCUT2D eigenvalue weighted by Gasteiger charge is 2.15. The highest BCUT2D eigenvalue weighted by molar-refractivity contribution is 9.10. The van der Waals surface area contributed by atoms with E-state index in [4.69, 9.17) is 23.2 Å². The van der Waals surface area contributed by atoms with Crippen LogP contribution in [0.4, 0.5) is 0 Å². The zero-order valence-electron chi connectivity index (χ0n) is 10.1. The summed E-state index contributed by atoms with van der Waals surface area (Å²) in [7, 11) is 0. The van der Waals surface area contributed by atoms with Gasteiger partial charge in [-0.3, -0.25) is 4.79 Å². The first-order chi connectivity index (χ1) is 9.54. The molecule has 0 unspecified atom stereocenters. The summed E-state index contributed by atoms with van der Waals surface area (Å²) in [5, 5.41) is 1.08. The molecule has 0 saturated carbocycles. The van der Waals surface area contributed by atoms with Crippen LogP contribution >= 0.6 is 50.5 Å². The van der Waals surface area contributed by atoms with Gasteiger partial charge in [0.15, 0.2) is 5.78 Å². The number of nitrogens with zero attached hydrogens (tertiary/aromatic N) is 1. The van der Waals surface area contributed by atoms with Gasteiger partial charge in [-0.05, 0) is 30.3 Å². The molecule has 0 spiro atoms. The number of fused-ring (bicyclic) bond motifs is 1. The van der Waals surface area contributed by atoms with Crippen molar-refractivity contribution in [3.8, 4) is 0 Å². The number of halogens is 3. The largest absolute Gasteiger partial charge is 0.340 e. The average molecular weight is 389 g/mol. The van der Waals surface area contributed by atoms with Crippen molar-refractivity contribution in [2.45, 2.75) is 6.54 Å². The second-order valence-electron chi connectivity index (χ2n) is 4.31. The van der Waals surface area contributed by atoms with Gasteiger partial charge in [0.25, 0.3) is 0 Å². The van der Waals surface area contributed by atoms with E-state index in [0.29, 0.717) is 14.2 Å². The fraction of sp³-hybridized carbons (Fsp3) is 0.0714. The number of thiophene rings is 1. The topological polar surface area (TPSA) is 22.0 Å². The number of rotatable bonds is 3. The number of aromatic nitrogens is 1. The Kier molecular flexibility index (Phi) is 3.91. The van der Waals surface area contributed by atoms with Crippen LogP contribution in [0.2, 0.25) is 8.67 Å². The Labute approximate surface area is 138 Å². The van der Waals surface area contributed by atoms with Gasteiger partial charge in [0, 0.05) is 21.6 Å². The highest BCUT2D eigenvalue weighted by Crippen LogP contribution is 2.32. The minimum absolute atomic E-state index is 0.0430. The fourth-order valence-electron chi connectivity index (χ4n) is 2.08. The zero-order valence-corrected chi connectivity index (χ0v) is 14.0. The number of carbonyl (C=O) groups is 1. The van der Waals surface area contributed by atoms with Crippen molar-refractivity contribution in [3.63, 3.8) is 0 Å². The van der Waals surface area contributed by atoms with Crippen molar-refractivity contribution >= 4 is 67.2 Å². The maximum atomic E-state index is 12.3. The summed E-state index contributed by atoms with van der Waals surface area (Å²) >= 11 is 16.5. The second kappa shape index (κ2) is 5.53. The van der Waals surface area contributed by atoms with Gasteiger partial charge in [-0.2, -0.15) is 0 Å². The SMILES string of the molecule is O=C(Cn1ccc2cc(Br)ccc21)c1cc(Cl)sc1Cl. The molecule has 2 aromatic heterocycles. The van der Waals surface area contributed by atoms with E-state index in [-0.39, 0.29) is 12.3 Å². The Bertz CT molecular complexity index is 809. The lowest BCUT2D eigenvalue weighted by atomic mass is 10.2. The van der Waals surface area contributed by atoms with Crippen LogP contribution < -0.4 is 0 Å². The molecule has 102 valence electrons. The van der Waals surface area contributed by atoms with Crippen molar-refractivity contribution < 1.29 is 4.79 Å². The van der Waals surface area contributed by atoms with Crippen LogP contribution in [0.3, 0.4) is 0 Å². The normalized spacial score (nSPS) is 11.2. The third-order valence-corrected chi connectivity index (χ3v) is 4.98. The van der Waals surface area contributed by atoms with Crippen molar-refractivity contribution in [2.24, 2.45) is 0 Å². The number of hydrogen-bond donors (Lipinski definition) is 0. The monoisotopic (exact) mass is 387 g/mol. The first-order valence-corrected chi connectivity index (χ1v) is 8.13. The molecule has 0 aliphatic carbocycles. The standard InChI is InChI=1S/C14H8BrCl2NOS/c15-9-1-2-11-8(5-9)3-4-18(11)7-12(19)10-6-13(16)20-14(10)17/h1-6H,7H2. The van der Waals surface area contributed by atoms with Crippen molar-refractivity contribution in [3.05, 3.63) is 55.2 Å². The Morgan fingerprint density at radius 1 is 1.25 bits per heavy atom. The summed E-state index contributed by atoms with van der Waals surface area (Å²) in [6.07, 6.45) is 1.90. The molecule has 0 saturated heterocycles. The molecule has 1 aromatic carbocycles. The van der Waals surface area contributed by atoms with E-state index in [1.165, 1.54) is 11.3 Å². The van der Waals surface area contributed by atoms with E-state index >= 15 is 0 Å². The Balaban J connectivity index is 1.93. The van der Waals surface area contributed by atoms with E-state index in [1.807, 2.05) is 35.0 Å². The number of ketones is 1. The van der Waals surface area contributed by atoms with Crippen molar-refractivity contribution in [1.82, 2.24) is 4.57 Å². The molecular formula is C14H8BrCl2NOS. The van der Waals surface area contributed by atoms with Crippen LogP contribution in [0.1, 0.15) is 10.4 Å². The van der Waals surface area contributed by atoms with Gasteiger partial charge in [0.05, 0.1) is 16.4 Å². The van der Waals surface area contributed by atoms with Crippen molar-refractivity contribution in [1.29, 1.82) is 0 Å². The van der Waals surface area contributed by atoms with Gasteiger partial charge >= 0.3 is 0 Å². The maximum absolute atomic E-state index is 12.3. The van der Waals surface area contributed by atoms with Crippen LogP contribution in [0.5, 0.6) is 0 Å². The number of Topliss-reactive ketones (excluding diaryl/α,β-unsaturated/α-hetero) is 1. The summed E-state index contributed by atoms with van der Waals surface area (Å²) < 4.78 is 3.90. The molecule has 0 fully saturated rings. The van der Waals surface area contributed by atoms with E-state index in [0.717, 1.165) is 15.4 Å². The molecule has 20 heavy (non-hydrogen) atoms. The van der Waals surface area contributed by atoms with Crippen LogP contribution in [0.25, 0.3) is 10.9 Å². The molecule has 0 amide bonds. The van der Waals surface area contributed by atoms with Gasteiger partial charge in [0.2, 0.25) is 0 Å². The van der Waals surface area contributed by atoms with E-state index in [1.54, 1.807) is 6.07 Å². The molecule has 0 N–H and O–H groups in total. The third-order valence-electron chi connectivity index (χ3n) is 3.00. The second-order valence-corrected chi connectivity index (χ2v) is 7.51. The average Bonchev–Trinajstić information content (AvgIpc) is 2.93. The summed E-state index contributed by atoms with van der Waals surface area (Å²) in [5.41, 5.74) is 1.50. The van der Waals surface area contributed by atoms with Crippen LogP contribution in [0, 0.1) is 0 Å². The molecular weight excluding hydrogens is 381 g/mol. The molecule has 0 aliphatic rings. The molecule has 2 heterocycles. The molecule has 6 heteroatoms. The number of carbonyl (C=O) groups excluding carboxylic acids is 1. The fourth-order valence-corrected chi connectivity index (χ4v) is 3.96. The van der Waals surface area contributed by atoms with Crippen LogP contribution in [-0.4, -0.2) is 10.4 Å². The van der Waals surface area contributed by atoms with Gasteiger partial charge in [-0.1, -0.05) is 39.1 Å². The molecule has 0 bridgehead atoms. The summed E-state index contributed by atoms with van der Waals surface area (Å²) in [5.74, 6) is -0.0430. The predicted molar refractivity (Wildman–Crippen MR) is 88.3 cm³/mol. The quantitative estimate of drug-likeness (QED) is 0.531. The van der Waals surface area contributed by atoms with Crippen LogP contribution in [0.15, 0.2) is 41.0 Å². The van der Waals surface area contributed by atoms with E-state index < -0.39 is 0 Å². The lowest BCUT2D eigenvalue weighted by Gasteiger charge is -2.04. The van der Waals surface area contributed by atoms with Crippen molar-refractivity contribution in [2.75, 3.05) is 0 Å². The first-order valence-electron chi connectivity index (χ1n) is 5.77. The summed E-state index contributed by atoms with van der Waals surface area (Å²) in [6, 6.07) is 9.56. The van der Waals surface area contributed by atoms with Gasteiger partial charge in [-0.15, -0.1) is 11.3 Å². The minimum atomic E-state index is -0.0430. The zero-order chi connectivity index (χ0) is 14.3. The Hall–Kier alpha value is -0.810. The molecule has 0 aliphatic heterocycles. The smallest absolute Gasteiger partial charge is 0.184 e. The maximum Gasteiger partial charge on any atom is 0.184 e. The molecule has 3 aromatic rings. The lowest BCUT2D eigenvalue weighted by Crippen LogP contribution is -2.08. The van der Waals surface area contributed by atoms with E-state index in [9.17, 15) is 4.79 Å². The molecule has 0 radical (unpaired) electrons. The number of benzene rings is 1. The molecule has 3 rings (SSSR count). The summed E-state index contributed by atoms with van der Waals surface area (Å²) in [6.45, 7) is 0.248. The third kappa shape index (κ3) is 2.66. The van der Waals surface area contributed by atoms with Gasteiger partial charge in [-0.25, -0.2) is 0 Å². The lowest BCUT2D eigenvalue weighted by molar-refractivity contribution is 0.0974.